The number of carbonyl (C=O) groups excluding carboxylic acids is 2. The number of fused-ring (bicyclic) bond motifs is 1. The third kappa shape index (κ3) is 8.08. The molecule has 2 heterocycles. The molecule has 0 saturated heterocycles. The number of benzene rings is 2. The number of aliphatic hydroxyl groups is 1. The number of ether oxygens (including phenoxy) is 1. The Labute approximate surface area is 254 Å². The first-order valence-corrected chi connectivity index (χ1v) is 14.3. The van der Waals surface area contributed by atoms with Crippen LogP contribution in [0.15, 0.2) is 47.0 Å². The van der Waals surface area contributed by atoms with Crippen LogP contribution in [0.5, 0.6) is 5.75 Å². The minimum atomic E-state index is -4.40. The summed E-state index contributed by atoms with van der Waals surface area (Å²) in [4.78, 5) is 29.8. The van der Waals surface area contributed by atoms with Crippen LogP contribution in [-0.4, -0.2) is 70.9 Å². The second kappa shape index (κ2) is 13.7. The first kappa shape index (κ1) is 32.8. The molecule has 10 nitrogen and oxygen atoms in total. The summed E-state index contributed by atoms with van der Waals surface area (Å²) in [5.41, 5.74) is 2.01. The number of nitrogens with zero attached hydrogens (tertiary/aromatic N) is 3. The van der Waals surface area contributed by atoms with Gasteiger partial charge in [0.2, 0.25) is 5.91 Å². The van der Waals surface area contributed by atoms with Gasteiger partial charge < -0.3 is 29.9 Å². The molecule has 3 N–H and O–H groups in total. The number of amides is 3. The highest BCUT2D eigenvalue weighted by molar-refractivity contribution is 6.00. The van der Waals surface area contributed by atoms with Crippen molar-refractivity contribution in [1.82, 2.24) is 15.0 Å². The molecule has 3 amide bonds. The second-order valence-corrected chi connectivity index (χ2v) is 11.4. The number of likely N-dealkylation sites (N-methyl/N-ethyl adjacent to an activating group) is 1. The van der Waals surface area contributed by atoms with E-state index in [0.29, 0.717) is 59.3 Å². The summed E-state index contributed by atoms with van der Waals surface area (Å²) in [7, 11) is 1.85. The van der Waals surface area contributed by atoms with Crippen molar-refractivity contribution in [3.05, 3.63) is 70.6 Å². The second-order valence-electron chi connectivity index (χ2n) is 11.4. The van der Waals surface area contributed by atoms with Crippen LogP contribution in [0, 0.1) is 19.8 Å². The van der Waals surface area contributed by atoms with E-state index in [1.54, 1.807) is 43.9 Å². The van der Waals surface area contributed by atoms with Crippen LogP contribution in [0.2, 0.25) is 0 Å². The zero-order valence-corrected chi connectivity index (χ0v) is 25.4. The van der Waals surface area contributed by atoms with E-state index in [2.05, 4.69) is 15.8 Å². The number of carbonyl (C=O) groups is 2. The Hall–Kier alpha value is -4.10. The Morgan fingerprint density at radius 3 is 2.50 bits per heavy atom. The average Bonchev–Trinajstić information content (AvgIpc) is 3.29. The number of hydrogen-bond donors (Lipinski definition) is 3. The van der Waals surface area contributed by atoms with Crippen LogP contribution in [0.3, 0.4) is 0 Å². The minimum Gasteiger partial charge on any atom is -0.488 e. The first-order valence-electron chi connectivity index (χ1n) is 14.3. The van der Waals surface area contributed by atoms with Crippen LogP contribution in [-0.2, 0) is 23.9 Å². The van der Waals surface area contributed by atoms with Gasteiger partial charge in [-0.05, 0) is 63.7 Å². The number of urea groups is 1. The normalized spacial score (nSPS) is 18.1. The van der Waals surface area contributed by atoms with Crippen molar-refractivity contribution in [2.75, 3.05) is 37.4 Å². The van der Waals surface area contributed by atoms with Gasteiger partial charge in [-0.1, -0.05) is 24.2 Å². The lowest BCUT2D eigenvalue weighted by molar-refractivity contribution is -0.137. The van der Waals surface area contributed by atoms with E-state index in [9.17, 15) is 27.9 Å². The summed E-state index contributed by atoms with van der Waals surface area (Å²) in [6, 6.07) is 9.17. The molecule has 4 rings (SSSR count). The molecule has 0 unspecified atom stereocenters. The van der Waals surface area contributed by atoms with Crippen LogP contribution < -0.4 is 15.4 Å². The monoisotopic (exact) mass is 617 g/mol. The molecule has 0 spiro atoms. The molecular weight excluding hydrogens is 579 g/mol. The number of aliphatic hydroxyl groups excluding tert-OH is 1. The number of aryl methyl sites for hydroxylation is 2. The molecule has 0 fully saturated rings. The van der Waals surface area contributed by atoms with E-state index in [1.807, 2.05) is 18.9 Å². The largest absolute Gasteiger partial charge is 0.488 e. The van der Waals surface area contributed by atoms with Crippen molar-refractivity contribution < 1.29 is 37.1 Å². The molecule has 1 aromatic heterocycles. The fraction of sp³-hybridized carbons (Fsp3) is 0.452. The Bertz CT molecular complexity index is 1440. The SMILES string of the molecule is Cc1noc(C)c1NC(=O)Nc1ccc2c(c1)CC(=O)N([C@@H](C)CO)C[C@H](C)[C@@H](CN(C)Cc1ccc(C(F)(F)F)cc1)O2. The predicted molar refractivity (Wildman–Crippen MR) is 158 cm³/mol. The summed E-state index contributed by atoms with van der Waals surface area (Å²) in [6.07, 6.45) is -4.82. The minimum absolute atomic E-state index is 0.0124. The smallest absolute Gasteiger partial charge is 0.416 e. The Morgan fingerprint density at radius 1 is 1.18 bits per heavy atom. The average molecular weight is 618 g/mol. The van der Waals surface area contributed by atoms with Crippen molar-refractivity contribution >= 4 is 23.3 Å². The van der Waals surface area contributed by atoms with Crippen molar-refractivity contribution in [2.24, 2.45) is 5.92 Å². The van der Waals surface area contributed by atoms with Crippen LogP contribution >= 0.6 is 0 Å². The van der Waals surface area contributed by atoms with E-state index >= 15 is 0 Å². The highest BCUT2D eigenvalue weighted by Crippen LogP contribution is 2.31. The van der Waals surface area contributed by atoms with E-state index in [4.69, 9.17) is 9.26 Å². The van der Waals surface area contributed by atoms with Gasteiger partial charge in [-0.3, -0.25) is 9.69 Å². The lowest BCUT2D eigenvalue weighted by Crippen LogP contribution is -2.47. The van der Waals surface area contributed by atoms with Gasteiger partial charge in [0, 0.05) is 36.8 Å². The van der Waals surface area contributed by atoms with Crippen LogP contribution in [0.4, 0.5) is 29.3 Å². The van der Waals surface area contributed by atoms with Gasteiger partial charge in [0.05, 0.1) is 24.6 Å². The van der Waals surface area contributed by atoms with Crippen LogP contribution in [0.1, 0.15) is 42.0 Å². The molecule has 0 radical (unpaired) electrons. The van der Waals surface area contributed by atoms with E-state index in [1.165, 1.54) is 12.1 Å². The molecule has 13 heteroatoms. The maximum atomic E-state index is 13.5. The number of hydrogen-bond acceptors (Lipinski definition) is 7. The van der Waals surface area contributed by atoms with Crippen molar-refractivity contribution in [3.63, 3.8) is 0 Å². The van der Waals surface area contributed by atoms with Gasteiger partial charge in [-0.2, -0.15) is 13.2 Å². The number of halogens is 3. The van der Waals surface area contributed by atoms with Gasteiger partial charge in [-0.15, -0.1) is 0 Å². The van der Waals surface area contributed by atoms with E-state index in [-0.39, 0.29) is 24.9 Å². The molecule has 3 atom stereocenters. The predicted octanol–water partition coefficient (Wildman–Crippen LogP) is 5.24. The molecule has 0 aliphatic carbocycles. The molecule has 1 aliphatic rings. The Morgan fingerprint density at radius 2 is 1.89 bits per heavy atom. The van der Waals surface area contributed by atoms with Crippen LogP contribution in [0.25, 0.3) is 0 Å². The standard InChI is InChI=1S/C31H38F3N5O5/c1-18-14-39(19(2)17-40)28(41)13-23-12-25(35-30(42)36-29-20(3)37-44-21(29)4)10-11-26(23)43-27(18)16-38(5)15-22-6-8-24(9-7-22)31(32,33)34/h6-12,18-19,27,40H,13-17H2,1-5H3,(H2,35,36,42)/t18-,19-,27+/m0/s1. The summed E-state index contributed by atoms with van der Waals surface area (Å²) in [6.45, 7) is 8.04. The number of anilines is 2. The van der Waals surface area contributed by atoms with Crippen molar-refractivity contribution in [3.8, 4) is 5.75 Å². The first-order chi connectivity index (χ1) is 20.7. The lowest BCUT2D eigenvalue weighted by atomic mass is 10.0. The molecular formula is C31H38F3N5O5. The summed E-state index contributed by atoms with van der Waals surface area (Å²) >= 11 is 0. The number of nitrogens with one attached hydrogen (secondary N) is 2. The summed E-state index contributed by atoms with van der Waals surface area (Å²) < 4.78 is 50.6. The maximum absolute atomic E-state index is 13.5. The highest BCUT2D eigenvalue weighted by atomic mass is 19.4. The van der Waals surface area contributed by atoms with Crippen molar-refractivity contribution in [2.45, 2.75) is 59.0 Å². The fourth-order valence-corrected chi connectivity index (χ4v) is 5.15. The zero-order valence-electron chi connectivity index (χ0n) is 25.4. The molecule has 44 heavy (non-hydrogen) atoms. The highest BCUT2D eigenvalue weighted by Gasteiger charge is 2.32. The van der Waals surface area contributed by atoms with Crippen molar-refractivity contribution in [1.29, 1.82) is 0 Å². The molecule has 2 aromatic carbocycles. The number of aromatic nitrogens is 1. The molecule has 0 bridgehead atoms. The third-order valence-electron chi connectivity index (χ3n) is 7.67. The topological polar surface area (TPSA) is 120 Å². The molecule has 0 saturated carbocycles. The van der Waals surface area contributed by atoms with E-state index in [0.717, 1.165) is 12.1 Å². The molecule has 238 valence electrons. The van der Waals surface area contributed by atoms with E-state index < -0.39 is 29.9 Å². The lowest BCUT2D eigenvalue weighted by Gasteiger charge is -2.34. The number of rotatable bonds is 8. The number of alkyl halides is 3. The fourth-order valence-electron chi connectivity index (χ4n) is 5.15. The third-order valence-corrected chi connectivity index (χ3v) is 7.67. The maximum Gasteiger partial charge on any atom is 0.416 e. The summed E-state index contributed by atoms with van der Waals surface area (Å²) in [5.74, 6) is 0.591. The van der Waals surface area contributed by atoms with Gasteiger partial charge in [0.1, 0.15) is 23.2 Å². The molecule has 1 aliphatic heterocycles. The van der Waals surface area contributed by atoms with Gasteiger partial charge in [0.25, 0.3) is 0 Å². The summed E-state index contributed by atoms with van der Waals surface area (Å²) in [5, 5.41) is 19.2. The Balaban J connectivity index is 1.55. The zero-order chi connectivity index (χ0) is 32.2. The van der Waals surface area contributed by atoms with Gasteiger partial charge in [0.15, 0.2) is 5.76 Å². The molecule has 3 aromatic rings. The Kier molecular flexibility index (Phi) is 10.2. The van der Waals surface area contributed by atoms with Gasteiger partial charge in [-0.25, -0.2) is 4.79 Å². The van der Waals surface area contributed by atoms with Gasteiger partial charge >= 0.3 is 12.2 Å². The quantitative estimate of drug-likeness (QED) is 0.317.